The molecule has 17 heavy (non-hydrogen) atoms. The predicted molar refractivity (Wildman–Crippen MR) is 67.1 cm³/mol. The first-order chi connectivity index (χ1) is 7.91. The Morgan fingerprint density at radius 2 is 2.12 bits per heavy atom. The van der Waals surface area contributed by atoms with Crippen LogP contribution in [0, 0.1) is 11.7 Å². The Kier molecular flexibility index (Phi) is 4.31. The molecule has 94 valence electrons. The number of primary amides is 1. The van der Waals surface area contributed by atoms with Gasteiger partial charge in [0.15, 0.2) is 0 Å². The van der Waals surface area contributed by atoms with Crippen LogP contribution in [0.1, 0.15) is 13.8 Å². The molecule has 0 spiro atoms. The first-order valence-corrected chi connectivity index (χ1v) is 5.49. The number of benzene rings is 1. The van der Waals surface area contributed by atoms with Gasteiger partial charge in [0, 0.05) is 6.54 Å². The number of halogens is 1. The maximum absolute atomic E-state index is 13.7. The Balaban J connectivity index is 3.07. The minimum atomic E-state index is -0.506. The van der Waals surface area contributed by atoms with Crippen LogP contribution < -0.4 is 16.4 Å². The van der Waals surface area contributed by atoms with E-state index in [1.165, 1.54) is 12.1 Å². The molecule has 0 aliphatic heterocycles. The second kappa shape index (κ2) is 5.52. The highest BCUT2D eigenvalue weighted by molar-refractivity contribution is 5.81. The molecule has 0 saturated heterocycles. The third-order valence-corrected chi connectivity index (χ3v) is 2.27. The molecule has 0 bridgehead atoms. The number of para-hydroxylation sites is 1. The van der Waals surface area contributed by atoms with Crippen LogP contribution in [0.4, 0.5) is 15.8 Å². The lowest BCUT2D eigenvalue weighted by molar-refractivity contribution is -0.116. The predicted octanol–water partition coefficient (Wildman–Crippen LogP) is 1.36. The van der Waals surface area contributed by atoms with Crippen LogP contribution in [0.3, 0.4) is 0 Å². The van der Waals surface area contributed by atoms with E-state index in [9.17, 15) is 9.18 Å². The van der Waals surface area contributed by atoms with E-state index >= 15 is 0 Å². The van der Waals surface area contributed by atoms with Crippen LogP contribution in [0.15, 0.2) is 18.2 Å². The number of carbonyl (C=O) groups is 1. The molecule has 0 atom stereocenters. The van der Waals surface area contributed by atoms with Gasteiger partial charge in [0.05, 0.1) is 17.9 Å². The van der Waals surface area contributed by atoms with Crippen molar-refractivity contribution < 1.29 is 9.18 Å². The molecular weight excluding hydrogens is 221 g/mol. The summed E-state index contributed by atoms with van der Waals surface area (Å²) < 4.78 is 13.7. The first kappa shape index (κ1) is 13.3. The molecule has 0 aliphatic rings. The summed E-state index contributed by atoms with van der Waals surface area (Å²) in [5.41, 5.74) is 11.5. The van der Waals surface area contributed by atoms with E-state index in [0.717, 1.165) is 0 Å². The standard InChI is InChI=1S/C12H18FN3O/c1-8(2)6-16(7-11(15)17)12-9(13)4-3-5-10(12)14/h3-5,8H,6-7,14H2,1-2H3,(H2,15,17). The topological polar surface area (TPSA) is 72.3 Å². The van der Waals surface area contributed by atoms with Gasteiger partial charge in [-0.1, -0.05) is 19.9 Å². The van der Waals surface area contributed by atoms with Crippen molar-refractivity contribution in [2.75, 3.05) is 23.7 Å². The Labute approximate surface area is 100 Å². The number of nitrogens with zero attached hydrogens (tertiary/aromatic N) is 1. The van der Waals surface area contributed by atoms with Crippen molar-refractivity contribution >= 4 is 17.3 Å². The van der Waals surface area contributed by atoms with Crippen molar-refractivity contribution in [3.63, 3.8) is 0 Å². The Morgan fingerprint density at radius 1 is 1.47 bits per heavy atom. The van der Waals surface area contributed by atoms with Crippen molar-refractivity contribution in [3.05, 3.63) is 24.0 Å². The van der Waals surface area contributed by atoms with Crippen LogP contribution in [0.25, 0.3) is 0 Å². The number of rotatable bonds is 5. The first-order valence-electron chi connectivity index (χ1n) is 5.49. The maximum atomic E-state index is 13.7. The van der Waals surface area contributed by atoms with E-state index in [0.29, 0.717) is 12.2 Å². The van der Waals surface area contributed by atoms with Crippen molar-refractivity contribution in [3.8, 4) is 0 Å². The zero-order valence-electron chi connectivity index (χ0n) is 10.1. The molecule has 1 aromatic carbocycles. The van der Waals surface area contributed by atoms with Crippen molar-refractivity contribution in [2.24, 2.45) is 11.7 Å². The minimum absolute atomic E-state index is 0.0384. The summed E-state index contributed by atoms with van der Waals surface area (Å²) in [5.74, 6) is -0.673. The van der Waals surface area contributed by atoms with Gasteiger partial charge in [0.2, 0.25) is 5.91 Å². The molecule has 1 aromatic rings. The molecule has 0 radical (unpaired) electrons. The van der Waals surface area contributed by atoms with E-state index in [1.807, 2.05) is 13.8 Å². The summed E-state index contributed by atoms with van der Waals surface area (Å²) in [6.07, 6.45) is 0. The highest BCUT2D eigenvalue weighted by atomic mass is 19.1. The van der Waals surface area contributed by atoms with Gasteiger partial charge >= 0.3 is 0 Å². The lowest BCUT2D eigenvalue weighted by Gasteiger charge is -2.26. The molecule has 4 nitrogen and oxygen atoms in total. The number of nitrogen functional groups attached to an aromatic ring is 1. The summed E-state index contributed by atoms with van der Waals surface area (Å²) >= 11 is 0. The highest BCUT2D eigenvalue weighted by Crippen LogP contribution is 2.27. The van der Waals surface area contributed by atoms with Gasteiger partial charge in [-0.3, -0.25) is 4.79 Å². The van der Waals surface area contributed by atoms with Gasteiger partial charge in [0.25, 0.3) is 0 Å². The van der Waals surface area contributed by atoms with Gasteiger partial charge in [-0.05, 0) is 18.1 Å². The number of hydrogen-bond donors (Lipinski definition) is 2. The van der Waals surface area contributed by atoms with Crippen LogP contribution in [0.5, 0.6) is 0 Å². The lowest BCUT2D eigenvalue weighted by atomic mass is 10.1. The van der Waals surface area contributed by atoms with Crippen LogP contribution >= 0.6 is 0 Å². The summed E-state index contributed by atoms with van der Waals surface area (Å²) in [4.78, 5) is 12.6. The normalized spacial score (nSPS) is 10.6. The maximum Gasteiger partial charge on any atom is 0.236 e. The number of anilines is 2. The van der Waals surface area contributed by atoms with Gasteiger partial charge < -0.3 is 16.4 Å². The second-order valence-electron chi connectivity index (χ2n) is 4.42. The van der Waals surface area contributed by atoms with Gasteiger partial charge in [-0.15, -0.1) is 0 Å². The molecule has 0 aliphatic carbocycles. The molecule has 0 saturated carbocycles. The average Bonchev–Trinajstić information content (AvgIpc) is 2.14. The zero-order valence-corrected chi connectivity index (χ0v) is 10.1. The molecule has 5 heteroatoms. The molecule has 1 rings (SSSR count). The van der Waals surface area contributed by atoms with Gasteiger partial charge in [-0.25, -0.2) is 4.39 Å². The van der Waals surface area contributed by atoms with Crippen LogP contribution in [-0.2, 0) is 4.79 Å². The minimum Gasteiger partial charge on any atom is -0.397 e. The Hall–Kier alpha value is -1.78. The third-order valence-electron chi connectivity index (χ3n) is 2.27. The average molecular weight is 239 g/mol. The summed E-state index contributed by atoms with van der Waals surface area (Å²) in [7, 11) is 0. The number of nitrogens with two attached hydrogens (primary N) is 2. The van der Waals surface area contributed by atoms with Crippen molar-refractivity contribution in [1.82, 2.24) is 0 Å². The Morgan fingerprint density at radius 3 is 2.59 bits per heavy atom. The highest BCUT2D eigenvalue weighted by Gasteiger charge is 2.17. The quantitative estimate of drug-likeness (QED) is 0.762. The summed E-state index contributed by atoms with van der Waals surface area (Å²) in [5, 5.41) is 0. The molecule has 4 N–H and O–H groups in total. The fourth-order valence-corrected chi connectivity index (χ4v) is 1.73. The fraction of sp³-hybridized carbons (Fsp3) is 0.417. The number of carbonyl (C=O) groups excluding carboxylic acids is 1. The number of hydrogen-bond acceptors (Lipinski definition) is 3. The van der Waals surface area contributed by atoms with Crippen LogP contribution in [0.2, 0.25) is 0 Å². The lowest BCUT2D eigenvalue weighted by Crippen LogP contribution is -2.37. The monoisotopic (exact) mass is 239 g/mol. The van der Waals surface area contributed by atoms with Gasteiger partial charge in [-0.2, -0.15) is 0 Å². The molecule has 0 fully saturated rings. The molecule has 1 amide bonds. The van der Waals surface area contributed by atoms with Crippen molar-refractivity contribution in [2.45, 2.75) is 13.8 Å². The van der Waals surface area contributed by atoms with E-state index in [4.69, 9.17) is 11.5 Å². The molecule has 0 unspecified atom stereocenters. The van der Waals surface area contributed by atoms with E-state index in [2.05, 4.69) is 0 Å². The van der Waals surface area contributed by atoms with E-state index < -0.39 is 11.7 Å². The molecule has 0 aromatic heterocycles. The SMILES string of the molecule is CC(C)CN(CC(N)=O)c1c(N)cccc1F. The van der Waals surface area contributed by atoms with E-state index in [1.54, 1.807) is 11.0 Å². The molecule has 0 heterocycles. The summed E-state index contributed by atoms with van der Waals surface area (Å²) in [6, 6.07) is 4.46. The van der Waals surface area contributed by atoms with E-state index in [-0.39, 0.29) is 18.2 Å². The fourth-order valence-electron chi connectivity index (χ4n) is 1.73. The molecular formula is C12H18FN3O. The van der Waals surface area contributed by atoms with Gasteiger partial charge in [0.1, 0.15) is 5.82 Å². The zero-order chi connectivity index (χ0) is 13.0. The smallest absolute Gasteiger partial charge is 0.236 e. The summed E-state index contributed by atoms with van der Waals surface area (Å²) in [6.45, 7) is 4.44. The number of amides is 1. The van der Waals surface area contributed by atoms with Crippen LogP contribution in [-0.4, -0.2) is 19.0 Å². The largest absolute Gasteiger partial charge is 0.397 e. The third kappa shape index (κ3) is 3.62. The van der Waals surface area contributed by atoms with Crippen molar-refractivity contribution in [1.29, 1.82) is 0 Å². The Bertz CT molecular complexity index is 386. The second-order valence-corrected chi connectivity index (χ2v) is 4.42.